The molecule has 5 heteroatoms. The minimum atomic E-state index is -3.92. The maximum Gasteiger partial charge on any atom is 0.267 e. The van der Waals surface area contributed by atoms with Gasteiger partial charge in [0.25, 0.3) is 10.1 Å². The lowest BCUT2D eigenvalue weighted by molar-refractivity contribution is 0.147. The zero-order valence-corrected chi connectivity index (χ0v) is 16.7. The van der Waals surface area contributed by atoms with E-state index < -0.39 is 15.4 Å². The molecule has 0 aromatic heterocycles. The van der Waals surface area contributed by atoms with E-state index in [-0.39, 0.29) is 6.10 Å². The first kappa shape index (κ1) is 23.9. The highest BCUT2D eigenvalue weighted by atomic mass is 32.2. The molecule has 0 rings (SSSR count). The van der Waals surface area contributed by atoms with Gasteiger partial charge in [-0.05, 0) is 25.7 Å². The predicted molar refractivity (Wildman–Crippen MR) is 102 cm³/mol. The van der Waals surface area contributed by atoms with Crippen LogP contribution < -0.4 is 0 Å². The van der Waals surface area contributed by atoms with Crippen molar-refractivity contribution in [2.45, 2.75) is 122 Å². The summed E-state index contributed by atoms with van der Waals surface area (Å²) in [6.45, 7) is 4.28. The van der Waals surface area contributed by atoms with E-state index in [0.29, 0.717) is 12.8 Å². The van der Waals surface area contributed by atoms with Gasteiger partial charge in [0, 0.05) is 0 Å². The molecule has 24 heavy (non-hydrogen) atoms. The first-order valence-electron chi connectivity index (χ1n) is 10.1. The predicted octanol–water partition coefficient (Wildman–Crippen LogP) is 5.50. The molecule has 0 aliphatic rings. The molecule has 0 saturated carbocycles. The normalized spacial score (nSPS) is 14.7. The molecule has 0 aliphatic carbocycles. The third kappa shape index (κ3) is 14.2. The molecule has 0 bridgehead atoms. The number of hydrogen-bond donors (Lipinski definition) is 2. The van der Waals surface area contributed by atoms with E-state index in [0.717, 1.165) is 57.8 Å². The number of aliphatic hydroxyl groups excluding tert-OH is 1. The fraction of sp³-hybridized carbons (Fsp3) is 1.00. The molecule has 0 heterocycles. The second-order valence-electron chi connectivity index (χ2n) is 7.13. The van der Waals surface area contributed by atoms with Crippen molar-refractivity contribution in [1.29, 1.82) is 0 Å². The van der Waals surface area contributed by atoms with E-state index in [4.69, 9.17) is 0 Å². The highest BCUT2D eigenvalue weighted by molar-refractivity contribution is 7.86. The van der Waals surface area contributed by atoms with Gasteiger partial charge in [-0.2, -0.15) is 8.42 Å². The van der Waals surface area contributed by atoms with Gasteiger partial charge in [-0.15, -0.1) is 0 Å². The average molecular weight is 365 g/mol. The molecular weight excluding hydrogens is 324 g/mol. The summed E-state index contributed by atoms with van der Waals surface area (Å²) < 4.78 is 32.1. The molecule has 2 N–H and O–H groups in total. The van der Waals surface area contributed by atoms with Crippen molar-refractivity contribution in [2.75, 3.05) is 0 Å². The molecule has 4 nitrogen and oxygen atoms in total. The smallest absolute Gasteiger partial charge is 0.267 e. The van der Waals surface area contributed by atoms with E-state index in [1.807, 2.05) is 0 Å². The first-order valence-corrected chi connectivity index (χ1v) is 11.6. The van der Waals surface area contributed by atoms with Gasteiger partial charge in [0.2, 0.25) is 0 Å². The van der Waals surface area contributed by atoms with Crippen molar-refractivity contribution in [2.24, 2.45) is 0 Å². The van der Waals surface area contributed by atoms with Crippen LogP contribution in [0.4, 0.5) is 0 Å². The summed E-state index contributed by atoms with van der Waals surface area (Å²) in [5.74, 6) is 0. The van der Waals surface area contributed by atoms with E-state index in [2.05, 4.69) is 13.8 Å². The Labute approximate surface area is 150 Å². The van der Waals surface area contributed by atoms with Gasteiger partial charge in [0.05, 0.1) is 11.4 Å². The zero-order valence-electron chi connectivity index (χ0n) is 15.9. The first-order chi connectivity index (χ1) is 11.4. The van der Waals surface area contributed by atoms with Crippen molar-refractivity contribution in [3.05, 3.63) is 0 Å². The lowest BCUT2D eigenvalue weighted by Gasteiger charge is -2.14. The van der Waals surface area contributed by atoms with Crippen LogP contribution in [-0.4, -0.2) is 29.4 Å². The van der Waals surface area contributed by atoms with Crippen molar-refractivity contribution in [3.8, 4) is 0 Å². The molecular formula is C19H40O4S. The molecule has 0 spiro atoms. The van der Waals surface area contributed by atoms with Crippen molar-refractivity contribution in [3.63, 3.8) is 0 Å². The molecule has 0 aromatic rings. The van der Waals surface area contributed by atoms with Gasteiger partial charge < -0.3 is 5.11 Å². The van der Waals surface area contributed by atoms with E-state index in [1.54, 1.807) is 0 Å². The van der Waals surface area contributed by atoms with Crippen LogP contribution in [-0.2, 0) is 10.1 Å². The lowest BCUT2D eigenvalue weighted by Crippen LogP contribution is -2.20. The fourth-order valence-electron chi connectivity index (χ4n) is 3.12. The third-order valence-electron chi connectivity index (χ3n) is 4.76. The Morgan fingerprint density at radius 3 is 1.54 bits per heavy atom. The largest absolute Gasteiger partial charge is 0.393 e. The highest BCUT2D eigenvalue weighted by Gasteiger charge is 2.21. The monoisotopic (exact) mass is 364 g/mol. The van der Waals surface area contributed by atoms with Crippen molar-refractivity contribution < 1.29 is 18.1 Å². The van der Waals surface area contributed by atoms with Crippen LogP contribution in [0.15, 0.2) is 0 Å². The van der Waals surface area contributed by atoms with Gasteiger partial charge in [-0.1, -0.05) is 84.5 Å². The summed E-state index contributed by atoms with van der Waals surface area (Å²) in [7, 11) is -3.92. The topological polar surface area (TPSA) is 74.6 Å². The van der Waals surface area contributed by atoms with Gasteiger partial charge in [0.15, 0.2) is 0 Å². The number of rotatable bonds is 17. The van der Waals surface area contributed by atoms with Crippen LogP contribution in [0.3, 0.4) is 0 Å². The van der Waals surface area contributed by atoms with Crippen LogP contribution in [0.1, 0.15) is 110 Å². The Kier molecular flexibility index (Phi) is 15.1. The second-order valence-corrected chi connectivity index (χ2v) is 8.82. The Balaban J connectivity index is 3.73. The Morgan fingerprint density at radius 1 is 0.667 bits per heavy atom. The summed E-state index contributed by atoms with van der Waals surface area (Å²) in [4.78, 5) is 0. The van der Waals surface area contributed by atoms with Crippen molar-refractivity contribution >= 4 is 10.1 Å². The number of aliphatic hydroxyl groups is 1. The Morgan fingerprint density at radius 2 is 1.04 bits per heavy atom. The Hall–Kier alpha value is -0.130. The van der Waals surface area contributed by atoms with Gasteiger partial charge in [0.1, 0.15) is 0 Å². The van der Waals surface area contributed by atoms with Crippen LogP contribution in [0, 0.1) is 0 Å². The maximum atomic E-state index is 11.4. The number of unbranched alkanes of at least 4 members (excludes halogenated alkanes) is 8. The second kappa shape index (κ2) is 15.2. The SMILES string of the molecule is CCCCCCCC(O)CCCCCC(CCCCC)S(=O)(=O)O. The zero-order chi connectivity index (χ0) is 18.3. The fourth-order valence-corrected chi connectivity index (χ4v) is 4.05. The summed E-state index contributed by atoms with van der Waals surface area (Å²) in [5, 5.41) is 9.35. The third-order valence-corrected chi connectivity index (χ3v) is 6.07. The summed E-state index contributed by atoms with van der Waals surface area (Å²) in [6.07, 6.45) is 14.2. The minimum Gasteiger partial charge on any atom is -0.393 e. The Bertz CT molecular complexity index is 368. The summed E-state index contributed by atoms with van der Waals surface area (Å²) in [5.41, 5.74) is 0. The molecule has 146 valence electrons. The maximum absolute atomic E-state index is 11.4. The van der Waals surface area contributed by atoms with Gasteiger partial charge in [-0.3, -0.25) is 4.55 Å². The lowest BCUT2D eigenvalue weighted by atomic mass is 10.0. The molecule has 2 atom stereocenters. The standard InChI is InChI=1S/C19H40O4S/c1-3-5-7-8-11-14-18(20)15-12-9-13-17-19(24(21,22)23)16-10-6-4-2/h18-20H,3-17H2,1-2H3,(H,21,22,23). The summed E-state index contributed by atoms with van der Waals surface area (Å²) >= 11 is 0. The van der Waals surface area contributed by atoms with E-state index >= 15 is 0 Å². The molecule has 0 fully saturated rings. The van der Waals surface area contributed by atoms with E-state index in [1.165, 1.54) is 25.7 Å². The minimum absolute atomic E-state index is 0.214. The molecule has 0 amide bonds. The molecule has 0 saturated heterocycles. The van der Waals surface area contributed by atoms with Crippen LogP contribution >= 0.6 is 0 Å². The quantitative estimate of drug-likeness (QED) is 0.264. The average Bonchev–Trinajstić information content (AvgIpc) is 2.51. The molecule has 0 radical (unpaired) electrons. The van der Waals surface area contributed by atoms with E-state index in [9.17, 15) is 18.1 Å². The van der Waals surface area contributed by atoms with Crippen LogP contribution in [0.25, 0.3) is 0 Å². The highest BCUT2D eigenvalue weighted by Crippen LogP contribution is 2.19. The number of hydrogen-bond acceptors (Lipinski definition) is 3. The van der Waals surface area contributed by atoms with Crippen molar-refractivity contribution in [1.82, 2.24) is 0 Å². The van der Waals surface area contributed by atoms with Gasteiger partial charge in [-0.25, -0.2) is 0 Å². The van der Waals surface area contributed by atoms with Gasteiger partial charge >= 0.3 is 0 Å². The van der Waals surface area contributed by atoms with Crippen LogP contribution in [0.5, 0.6) is 0 Å². The molecule has 2 unspecified atom stereocenters. The molecule has 0 aromatic carbocycles. The summed E-state index contributed by atoms with van der Waals surface area (Å²) in [6, 6.07) is 0. The molecule has 0 aliphatic heterocycles. The van der Waals surface area contributed by atoms with Crippen LogP contribution in [0.2, 0.25) is 0 Å².